The van der Waals surface area contributed by atoms with Gasteiger partial charge in [0.1, 0.15) is 10.0 Å². The van der Waals surface area contributed by atoms with E-state index in [1.54, 1.807) is 32.0 Å². The van der Waals surface area contributed by atoms with Crippen LogP contribution in [0.1, 0.15) is 12.5 Å². The fourth-order valence-corrected chi connectivity index (χ4v) is 6.04. The van der Waals surface area contributed by atoms with Gasteiger partial charge in [-0.25, -0.2) is 12.8 Å². The summed E-state index contributed by atoms with van der Waals surface area (Å²) in [5.74, 6) is -0.637. The zero-order chi connectivity index (χ0) is 20.5. The van der Waals surface area contributed by atoms with Crippen molar-refractivity contribution in [2.75, 3.05) is 31.5 Å². The van der Waals surface area contributed by atoms with Gasteiger partial charge in [0.05, 0.1) is 10.4 Å². The van der Waals surface area contributed by atoms with Crippen LogP contribution in [0.4, 0.5) is 10.1 Å². The summed E-state index contributed by atoms with van der Waals surface area (Å²) in [5, 5.41) is 2.71. The van der Waals surface area contributed by atoms with E-state index in [1.807, 2.05) is 4.90 Å². The number of hydrogen-bond donors (Lipinski definition) is 1. The predicted octanol–water partition coefficient (Wildman–Crippen LogP) is 3.18. The molecule has 0 aliphatic carbocycles. The van der Waals surface area contributed by atoms with Gasteiger partial charge in [0.15, 0.2) is 0 Å². The van der Waals surface area contributed by atoms with Crippen LogP contribution in [0.5, 0.6) is 0 Å². The zero-order valence-corrected chi connectivity index (χ0v) is 17.9. The lowest BCUT2D eigenvalue weighted by Crippen LogP contribution is -2.53. The van der Waals surface area contributed by atoms with E-state index in [0.29, 0.717) is 28.7 Å². The highest BCUT2D eigenvalue weighted by atomic mass is 35.5. The van der Waals surface area contributed by atoms with Crippen molar-refractivity contribution in [2.45, 2.75) is 24.1 Å². The van der Waals surface area contributed by atoms with Crippen molar-refractivity contribution in [2.24, 2.45) is 0 Å². The lowest BCUT2D eigenvalue weighted by atomic mass is 10.2. The largest absolute Gasteiger partial charge is 0.325 e. The van der Waals surface area contributed by atoms with Gasteiger partial charge in [0.2, 0.25) is 5.91 Å². The molecular weight excluding hydrogens is 425 g/mol. The first-order chi connectivity index (χ1) is 13.2. The summed E-state index contributed by atoms with van der Waals surface area (Å²) in [6.45, 7) is 4.83. The van der Waals surface area contributed by atoms with E-state index < -0.39 is 16.1 Å². The highest BCUT2D eigenvalue weighted by Crippen LogP contribution is 2.28. The van der Waals surface area contributed by atoms with Crippen LogP contribution in [-0.2, 0) is 14.8 Å². The number of amides is 1. The molecule has 1 aromatic heterocycles. The van der Waals surface area contributed by atoms with E-state index in [4.69, 9.17) is 11.6 Å². The zero-order valence-electron chi connectivity index (χ0n) is 15.5. The van der Waals surface area contributed by atoms with Gasteiger partial charge in [-0.05, 0) is 43.7 Å². The molecule has 0 bridgehead atoms. The van der Waals surface area contributed by atoms with E-state index in [0.717, 1.165) is 11.3 Å². The number of rotatable bonds is 5. The quantitative estimate of drug-likeness (QED) is 0.767. The molecule has 1 aliphatic rings. The molecule has 1 fully saturated rings. The first-order valence-corrected chi connectivity index (χ1v) is 11.4. The van der Waals surface area contributed by atoms with Crippen molar-refractivity contribution in [1.29, 1.82) is 0 Å². The number of aryl methyl sites for hydroxylation is 1. The lowest BCUT2D eigenvalue weighted by molar-refractivity contribution is -0.121. The third-order valence-electron chi connectivity index (χ3n) is 4.78. The number of piperazine rings is 1. The van der Waals surface area contributed by atoms with Gasteiger partial charge in [-0.2, -0.15) is 4.31 Å². The van der Waals surface area contributed by atoms with Crippen molar-refractivity contribution >= 4 is 44.6 Å². The Bertz CT molecular complexity index is 972. The summed E-state index contributed by atoms with van der Waals surface area (Å²) in [4.78, 5) is 14.4. The summed E-state index contributed by atoms with van der Waals surface area (Å²) < 4.78 is 41.0. The molecule has 0 radical (unpaired) electrons. The Kier molecular flexibility index (Phi) is 6.41. The van der Waals surface area contributed by atoms with E-state index in [1.165, 1.54) is 16.4 Å². The molecule has 28 heavy (non-hydrogen) atoms. The maximum absolute atomic E-state index is 13.7. The first kappa shape index (κ1) is 21.2. The predicted molar refractivity (Wildman–Crippen MR) is 109 cm³/mol. The van der Waals surface area contributed by atoms with Crippen LogP contribution < -0.4 is 5.32 Å². The molecule has 2 heterocycles. The van der Waals surface area contributed by atoms with Crippen molar-refractivity contribution in [1.82, 2.24) is 9.21 Å². The minimum absolute atomic E-state index is 0.220. The summed E-state index contributed by atoms with van der Waals surface area (Å²) >= 11 is 6.88. The summed E-state index contributed by atoms with van der Waals surface area (Å²) in [6.07, 6.45) is 0. The van der Waals surface area contributed by atoms with Crippen molar-refractivity contribution < 1.29 is 17.6 Å². The van der Waals surface area contributed by atoms with E-state index >= 15 is 0 Å². The maximum Gasteiger partial charge on any atom is 0.252 e. The lowest BCUT2D eigenvalue weighted by Gasteiger charge is -2.36. The Morgan fingerprint density at radius 3 is 2.46 bits per heavy atom. The molecule has 6 nitrogen and oxygen atoms in total. The minimum atomic E-state index is -3.57. The highest BCUT2D eigenvalue weighted by Gasteiger charge is 2.32. The van der Waals surface area contributed by atoms with E-state index in [2.05, 4.69) is 5.32 Å². The third-order valence-corrected chi connectivity index (χ3v) is 8.38. The summed E-state index contributed by atoms with van der Waals surface area (Å²) in [6, 6.07) is 7.15. The normalized spacial score (nSPS) is 17.4. The fourth-order valence-electron chi connectivity index (χ4n) is 2.98. The number of carbonyl (C=O) groups excluding carboxylic acids is 1. The number of carbonyl (C=O) groups is 1. The van der Waals surface area contributed by atoms with Crippen LogP contribution in [-0.4, -0.2) is 55.8 Å². The molecular formula is C18H21ClFN3O3S2. The van der Waals surface area contributed by atoms with Crippen molar-refractivity contribution in [3.05, 3.63) is 46.0 Å². The topological polar surface area (TPSA) is 69.7 Å². The molecule has 2 aromatic rings. The van der Waals surface area contributed by atoms with Gasteiger partial charge in [0, 0.05) is 31.9 Å². The second kappa shape index (κ2) is 8.46. The summed E-state index contributed by atoms with van der Waals surface area (Å²) in [5.41, 5.74) is 0.908. The number of benzene rings is 1. The molecule has 10 heteroatoms. The highest BCUT2D eigenvalue weighted by molar-refractivity contribution is 7.91. The SMILES string of the molecule is Cc1ccc(NC(=O)C(C)N2CCN(S(=O)(=O)c3ccc(Cl)s3)CC2)cc1F. The Labute approximate surface area is 173 Å². The Hall–Kier alpha value is -1.52. The Balaban J connectivity index is 1.59. The van der Waals surface area contributed by atoms with Crippen molar-refractivity contribution in [3.8, 4) is 0 Å². The molecule has 1 atom stereocenters. The molecule has 1 amide bonds. The molecule has 1 aromatic carbocycles. The summed E-state index contributed by atoms with van der Waals surface area (Å²) in [7, 11) is -3.57. The van der Waals surface area contributed by atoms with Crippen LogP contribution in [0.15, 0.2) is 34.5 Å². The van der Waals surface area contributed by atoms with Crippen LogP contribution in [0.3, 0.4) is 0 Å². The number of nitrogens with zero attached hydrogens (tertiary/aromatic N) is 2. The average molecular weight is 446 g/mol. The third kappa shape index (κ3) is 4.55. The van der Waals surface area contributed by atoms with Crippen LogP contribution >= 0.6 is 22.9 Å². The first-order valence-electron chi connectivity index (χ1n) is 8.75. The van der Waals surface area contributed by atoms with E-state index in [9.17, 15) is 17.6 Å². The minimum Gasteiger partial charge on any atom is -0.325 e. The number of sulfonamides is 1. The molecule has 1 N–H and O–H groups in total. The number of nitrogens with one attached hydrogen (secondary N) is 1. The van der Waals surface area contributed by atoms with Crippen LogP contribution in [0.2, 0.25) is 4.34 Å². The Morgan fingerprint density at radius 1 is 1.21 bits per heavy atom. The number of anilines is 1. The number of thiophene rings is 1. The standard InChI is InChI=1S/C18H21ClFN3O3S2/c1-12-3-4-14(11-15(12)20)21-18(24)13(2)22-7-9-23(10-8-22)28(25,26)17-6-5-16(19)27-17/h3-6,11,13H,7-10H2,1-2H3,(H,21,24). The van der Waals surface area contributed by atoms with Gasteiger partial charge in [-0.15, -0.1) is 11.3 Å². The van der Waals surface area contributed by atoms with Gasteiger partial charge >= 0.3 is 0 Å². The molecule has 1 unspecified atom stereocenters. The smallest absolute Gasteiger partial charge is 0.252 e. The molecule has 3 rings (SSSR count). The van der Waals surface area contributed by atoms with Crippen LogP contribution in [0.25, 0.3) is 0 Å². The van der Waals surface area contributed by atoms with Crippen LogP contribution in [0, 0.1) is 12.7 Å². The maximum atomic E-state index is 13.7. The van der Waals surface area contributed by atoms with Crippen molar-refractivity contribution in [3.63, 3.8) is 0 Å². The number of halogens is 2. The monoisotopic (exact) mass is 445 g/mol. The Morgan fingerprint density at radius 2 is 1.89 bits per heavy atom. The molecule has 1 saturated heterocycles. The van der Waals surface area contributed by atoms with Gasteiger partial charge in [-0.3, -0.25) is 9.69 Å². The molecule has 0 saturated carbocycles. The second-order valence-corrected chi connectivity index (χ2v) is 10.5. The molecule has 152 valence electrons. The second-order valence-electron chi connectivity index (χ2n) is 6.63. The molecule has 0 spiro atoms. The molecule has 1 aliphatic heterocycles. The average Bonchev–Trinajstić information content (AvgIpc) is 3.11. The van der Waals surface area contributed by atoms with Gasteiger partial charge < -0.3 is 5.32 Å². The fraction of sp³-hybridized carbons (Fsp3) is 0.389. The van der Waals surface area contributed by atoms with E-state index in [-0.39, 0.29) is 29.0 Å². The van der Waals surface area contributed by atoms with Gasteiger partial charge in [0.25, 0.3) is 10.0 Å². The van der Waals surface area contributed by atoms with Gasteiger partial charge in [-0.1, -0.05) is 17.7 Å². The number of hydrogen-bond acceptors (Lipinski definition) is 5.